The molecule has 3 rings (SSSR count). The van der Waals surface area contributed by atoms with Gasteiger partial charge in [-0.2, -0.15) is 0 Å². The van der Waals surface area contributed by atoms with E-state index in [1.807, 2.05) is 49.4 Å². The van der Waals surface area contributed by atoms with Gasteiger partial charge in [0.1, 0.15) is 5.78 Å². The first kappa shape index (κ1) is 16.5. The van der Waals surface area contributed by atoms with Crippen LogP contribution in [0.5, 0.6) is 0 Å². The van der Waals surface area contributed by atoms with Crippen molar-refractivity contribution in [1.82, 2.24) is 9.55 Å². The highest BCUT2D eigenvalue weighted by molar-refractivity contribution is 7.99. The average Bonchev–Trinajstić information content (AvgIpc) is 2.56. The van der Waals surface area contributed by atoms with Crippen molar-refractivity contribution in [1.29, 1.82) is 0 Å². The first-order chi connectivity index (χ1) is 11.6. The van der Waals surface area contributed by atoms with Crippen LogP contribution < -0.4 is 5.56 Å². The Bertz CT molecular complexity index is 946. The van der Waals surface area contributed by atoms with E-state index in [0.29, 0.717) is 28.2 Å². The second-order valence-electron chi connectivity index (χ2n) is 5.69. The first-order valence-electron chi connectivity index (χ1n) is 7.77. The Morgan fingerprint density at radius 1 is 1.12 bits per heavy atom. The predicted molar refractivity (Wildman–Crippen MR) is 98.1 cm³/mol. The monoisotopic (exact) mass is 338 g/mol. The Morgan fingerprint density at radius 2 is 1.83 bits per heavy atom. The van der Waals surface area contributed by atoms with Crippen molar-refractivity contribution in [2.24, 2.45) is 0 Å². The first-order valence-corrected chi connectivity index (χ1v) is 8.76. The summed E-state index contributed by atoms with van der Waals surface area (Å²) in [6.07, 6.45) is 0.460. The summed E-state index contributed by atoms with van der Waals surface area (Å²) in [5.41, 5.74) is 2.51. The van der Waals surface area contributed by atoms with E-state index in [1.54, 1.807) is 17.6 Å². The number of rotatable bonds is 5. The van der Waals surface area contributed by atoms with Gasteiger partial charge in [0.2, 0.25) is 0 Å². The molecule has 0 amide bonds. The molecular weight excluding hydrogens is 320 g/mol. The number of thioether (sulfide) groups is 1. The third kappa shape index (κ3) is 3.41. The van der Waals surface area contributed by atoms with Crippen LogP contribution >= 0.6 is 11.8 Å². The number of carbonyl (C=O) groups excluding carboxylic acids is 1. The zero-order valence-corrected chi connectivity index (χ0v) is 14.5. The van der Waals surface area contributed by atoms with E-state index >= 15 is 0 Å². The van der Waals surface area contributed by atoms with Crippen LogP contribution in [0.1, 0.15) is 18.9 Å². The summed E-state index contributed by atoms with van der Waals surface area (Å²) in [4.78, 5) is 28.8. The van der Waals surface area contributed by atoms with Crippen LogP contribution in [0.3, 0.4) is 0 Å². The molecule has 0 saturated heterocycles. The standard InChI is InChI=1S/C19H18N2O2S/c1-13-7-9-15(10-8-13)21-18(23)16-5-3-4-6-17(16)20-19(21)24-12-11-14(2)22/h3-10H,11-12H2,1-2H3. The Hall–Kier alpha value is -2.40. The number of ketones is 1. The van der Waals surface area contributed by atoms with Crippen LogP contribution in [0.4, 0.5) is 0 Å². The van der Waals surface area contributed by atoms with E-state index in [1.165, 1.54) is 11.8 Å². The molecule has 24 heavy (non-hydrogen) atoms. The highest BCUT2D eigenvalue weighted by atomic mass is 32.2. The van der Waals surface area contributed by atoms with Gasteiger partial charge in [0, 0.05) is 12.2 Å². The average molecular weight is 338 g/mol. The summed E-state index contributed by atoms with van der Waals surface area (Å²) in [6, 6.07) is 15.1. The van der Waals surface area contributed by atoms with Gasteiger partial charge in [-0.05, 0) is 38.1 Å². The summed E-state index contributed by atoms with van der Waals surface area (Å²) in [5.74, 6) is 0.735. The number of fused-ring (bicyclic) bond motifs is 1. The van der Waals surface area contributed by atoms with E-state index in [4.69, 9.17) is 0 Å². The fourth-order valence-corrected chi connectivity index (χ4v) is 3.47. The Labute approximate surface area is 144 Å². The molecule has 3 aromatic rings. The predicted octanol–water partition coefficient (Wildman–Crippen LogP) is 3.77. The maximum absolute atomic E-state index is 13.0. The molecule has 1 aromatic heterocycles. The van der Waals surface area contributed by atoms with Gasteiger partial charge < -0.3 is 0 Å². The molecule has 0 saturated carbocycles. The summed E-state index contributed by atoms with van der Waals surface area (Å²) < 4.78 is 1.63. The Kier molecular flexibility index (Phi) is 4.81. The number of carbonyl (C=O) groups is 1. The molecule has 122 valence electrons. The largest absolute Gasteiger partial charge is 0.300 e. The van der Waals surface area contributed by atoms with Crippen molar-refractivity contribution in [3.8, 4) is 5.69 Å². The molecule has 0 fully saturated rings. The minimum Gasteiger partial charge on any atom is -0.300 e. The van der Waals surface area contributed by atoms with Gasteiger partial charge in [-0.25, -0.2) is 4.98 Å². The fourth-order valence-electron chi connectivity index (χ4n) is 2.42. The molecule has 0 spiro atoms. The topological polar surface area (TPSA) is 52.0 Å². The van der Waals surface area contributed by atoms with E-state index < -0.39 is 0 Å². The molecule has 4 nitrogen and oxygen atoms in total. The highest BCUT2D eigenvalue weighted by Crippen LogP contribution is 2.22. The second kappa shape index (κ2) is 7.01. The normalized spacial score (nSPS) is 10.9. The minimum absolute atomic E-state index is 0.0882. The number of benzene rings is 2. The molecule has 0 atom stereocenters. The number of hydrogen-bond acceptors (Lipinski definition) is 4. The summed E-state index contributed by atoms with van der Waals surface area (Å²) in [5, 5.41) is 1.21. The van der Waals surface area contributed by atoms with E-state index in [9.17, 15) is 9.59 Å². The quantitative estimate of drug-likeness (QED) is 0.525. The van der Waals surface area contributed by atoms with Crippen LogP contribution in [0.2, 0.25) is 0 Å². The molecule has 0 aliphatic heterocycles. The van der Waals surface area contributed by atoms with Crippen molar-refractivity contribution in [2.75, 3.05) is 5.75 Å². The molecule has 0 aliphatic rings. The molecule has 0 unspecified atom stereocenters. The van der Waals surface area contributed by atoms with Gasteiger partial charge in [0.15, 0.2) is 5.16 Å². The van der Waals surface area contributed by atoms with Crippen molar-refractivity contribution < 1.29 is 4.79 Å². The molecule has 0 bridgehead atoms. The van der Waals surface area contributed by atoms with Gasteiger partial charge in [0.05, 0.1) is 16.6 Å². The van der Waals surface area contributed by atoms with Gasteiger partial charge in [-0.3, -0.25) is 14.2 Å². The molecule has 0 N–H and O–H groups in total. The van der Waals surface area contributed by atoms with E-state index in [2.05, 4.69) is 4.98 Å². The van der Waals surface area contributed by atoms with Gasteiger partial charge in [-0.15, -0.1) is 0 Å². The van der Waals surface area contributed by atoms with Gasteiger partial charge in [-0.1, -0.05) is 41.6 Å². The van der Waals surface area contributed by atoms with Gasteiger partial charge >= 0.3 is 0 Å². The van der Waals surface area contributed by atoms with E-state index in [-0.39, 0.29) is 11.3 Å². The maximum Gasteiger partial charge on any atom is 0.266 e. The lowest BCUT2D eigenvalue weighted by molar-refractivity contribution is -0.116. The van der Waals surface area contributed by atoms with Crippen molar-refractivity contribution in [3.05, 3.63) is 64.4 Å². The highest BCUT2D eigenvalue weighted by Gasteiger charge is 2.13. The number of para-hydroxylation sites is 1. The Morgan fingerprint density at radius 3 is 2.54 bits per heavy atom. The smallest absolute Gasteiger partial charge is 0.266 e. The van der Waals surface area contributed by atoms with Crippen LogP contribution in [0, 0.1) is 6.92 Å². The number of nitrogens with zero attached hydrogens (tertiary/aromatic N) is 2. The SMILES string of the molecule is CC(=O)CCSc1nc2ccccc2c(=O)n1-c1ccc(C)cc1. The lowest BCUT2D eigenvalue weighted by Crippen LogP contribution is -2.21. The minimum atomic E-state index is -0.0882. The molecular formula is C19H18N2O2S. The number of aryl methyl sites for hydroxylation is 1. The van der Waals surface area contributed by atoms with Crippen LogP contribution in [0.25, 0.3) is 16.6 Å². The zero-order chi connectivity index (χ0) is 17.1. The summed E-state index contributed by atoms with van der Waals surface area (Å²) >= 11 is 1.43. The third-order valence-electron chi connectivity index (χ3n) is 3.72. The number of hydrogen-bond donors (Lipinski definition) is 0. The maximum atomic E-state index is 13.0. The van der Waals surface area contributed by atoms with Crippen molar-refractivity contribution in [2.45, 2.75) is 25.4 Å². The lowest BCUT2D eigenvalue weighted by atomic mass is 10.2. The molecule has 5 heteroatoms. The molecule has 2 aromatic carbocycles. The van der Waals surface area contributed by atoms with Crippen LogP contribution in [-0.2, 0) is 4.79 Å². The number of aromatic nitrogens is 2. The molecule has 0 radical (unpaired) electrons. The van der Waals surface area contributed by atoms with Crippen LogP contribution in [-0.4, -0.2) is 21.1 Å². The second-order valence-corrected chi connectivity index (χ2v) is 6.75. The van der Waals surface area contributed by atoms with E-state index in [0.717, 1.165) is 11.3 Å². The summed E-state index contributed by atoms with van der Waals surface area (Å²) in [6.45, 7) is 3.58. The van der Waals surface area contributed by atoms with Crippen molar-refractivity contribution in [3.63, 3.8) is 0 Å². The van der Waals surface area contributed by atoms with Gasteiger partial charge in [0.25, 0.3) is 5.56 Å². The zero-order valence-electron chi connectivity index (χ0n) is 13.7. The summed E-state index contributed by atoms with van der Waals surface area (Å²) in [7, 11) is 0. The van der Waals surface area contributed by atoms with Crippen LogP contribution in [0.15, 0.2) is 58.5 Å². The third-order valence-corrected chi connectivity index (χ3v) is 4.66. The molecule has 0 aliphatic carbocycles. The van der Waals surface area contributed by atoms with Crippen molar-refractivity contribution >= 4 is 28.4 Å². The fraction of sp³-hybridized carbons (Fsp3) is 0.211. The molecule has 1 heterocycles. The number of Topliss-reactive ketones (excluding diaryl/α,β-unsaturated/α-hetero) is 1. The Balaban J connectivity index is 2.15. The lowest BCUT2D eigenvalue weighted by Gasteiger charge is -2.13.